The van der Waals surface area contributed by atoms with Gasteiger partial charge in [0.15, 0.2) is 0 Å². The van der Waals surface area contributed by atoms with Crippen LogP contribution in [0.4, 0.5) is 0 Å². The van der Waals surface area contributed by atoms with Crippen LogP contribution in [0.25, 0.3) is 0 Å². The molecule has 0 amide bonds. The van der Waals surface area contributed by atoms with Gasteiger partial charge >= 0.3 is 0 Å². The van der Waals surface area contributed by atoms with Gasteiger partial charge in [0.05, 0.1) is 11.9 Å². The molecule has 3 N–H and O–H groups in total. The molecule has 0 unspecified atom stereocenters. The van der Waals surface area contributed by atoms with Gasteiger partial charge in [-0.1, -0.05) is 0 Å². The van der Waals surface area contributed by atoms with Crippen molar-refractivity contribution in [2.24, 2.45) is 5.92 Å². The quantitative estimate of drug-likeness (QED) is 0.758. The van der Waals surface area contributed by atoms with Gasteiger partial charge < -0.3 is 15.0 Å². The van der Waals surface area contributed by atoms with Gasteiger partial charge in [0.25, 0.3) is 0 Å². The summed E-state index contributed by atoms with van der Waals surface area (Å²) >= 11 is 0. The number of hydrogen-bond donors (Lipinski definition) is 3. The number of nitrogens with one attached hydrogen (secondary N) is 3. The highest BCUT2D eigenvalue weighted by Gasteiger charge is 2.30. The molecule has 3 heterocycles. The lowest BCUT2D eigenvalue weighted by Crippen LogP contribution is -2.25. The number of ether oxygens (including phenoxy) is 1. The molecule has 1 aliphatic heterocycles. The van der Waals surface area contributed by atoms with E-state index in [0.29, 0.717) is 5.92 Å². The molecule has 19 heavy (non-hydrogen) atoms. The summed E-state index contributed by atoms with van der Waals surface area (Å²) in [6, 6.07) is 0. The van der Waals surface area contributed by atoms with Crippen molar-refractivity contribution in [3.05, 3.63) is 35.7 Å². The predicted octanol–water partition coefficient (Wildman–Crippen LogP) is 1.31. The summed E-state index contributed by atoms with van der Waals surface area (Å²) in [6.45, 7) is 4.60. The molecular weight excluding hydrogens is 242 g/mol. The molecule has 0 bridgehead atoms. The van der Waals surface area contributed by atoms with E-state index in [4.69, 9.17) is 4.74 Å². The van der Waals surface area contributed by atoms with Crippen LogP contribution in [0.3, 0.4) is 0 Å². The first-order chi connectivity index (χ1) is 9.34. The van der Waals surface area contributed by atoms with Crippen LogP contribution in [0, 0.1) is 12.8 Å². The van der Waals surface area contributed by atoms with Crippen molar-refractivity contribution in [1.82, 2.24) is 25.5 Å². The molecule has 6 heteroatoms. The number of nitrogens with zero attached hydrogens (tertiary/aromatic N) is 2. The molecule has 0 aliphatic carbocycles. The Bertz CT molecular complexity index is 507. The largest absolute Gasteiger partial charge is 0.370 e. The zero-order valence-corrected chi connectivity index (χ0v) is 11.0. The standard InChI is InChI=1S/C13H19N5O/c1-9-6-17-18-11(9)8-14-7-10-2-5-19-12(10)13-15-3-4-16-13/h3-4,6,10,12,14H,2,5,7-8H2,1H3,(H,15,16)(H,17,18)/t10-,12+/m0/s1. The summed E-state index contributed by atoms with van der Waals surface area (Å²) in [4.78, 5) is 7.44. The van der Waals surface area contributed by atoms with E-state index in [-0.39, 0.29) is 6.10 Å². The highest BCUT2D eigenvalue weighted by atomic mass is 16.5. The van der Waals surface area contributed by atoms with E-state index >= 15 is 0 Å². The Kier molecular flexibility index (Phi) is 3.61. The maximum atomic E-state index is 5.77. The monoisotopic (exact) mass is 261 g/mol. The normalized spacial score (nSPS) is 23.0. The Morgan fingerprint density at radius 1 is 1.53 bits per heavy atom. The summed E-state index contributed by atoms with van der Waals surface area (Å²) in [6.07, 6.45) is 6.62. The van der Waals surface area contributed by atoms with Gasteiger partial charge in [0.2, 0.25) is 0 Å². The molecular formula is C13H19N5O. The Hall–Kier alpha value is -1.66. The topological polar surface area (TPSA) is 78.6 Å². The average molecular weight is 261 g/mol. The minimum atomic E-state index is 0.0883. The van der Waals surface area contributed by atoms with Crippen LogP contribution in [-0.4, -0.2) is 33.3 Å². The van der Waals surface area contributed by atoms with Crippen LogP contribution >= 0.6 is 0 Å². The molecule has 102 valence electrons. The van der Waals surface area contributed by atoms with Crippen molar-refractivity contribution in [3.63, 3.8) is 0 Å². The van der Waals surface area contributed by atoms with Gasteiger partial charge in [-0.3, -0.25) is 5.10 Å². The fraction of sp³-hybridized carbons (Fsp3) is 0.538. The second-order valence-electron chi connectivity index (χ2n) is 4.98. The SMILES string of the molecule is Cc1cn[nH]c1CNC[C@@H]1CCO[C@H]1c1ncc[nH]1. The van der Waals surface area contributed by atoms with Gasteiger partial charge in [0.1, 0.15) is 11.9 Å². The third-order valence-electron chi connectivity index (χ3n) is 3.65. The number of aromatic amines is 2. The Balaban J connectivity index is 1.53. The lowest BCUT2D eigenvalue weighted by atomic mass is 10.0. The summed E-state index contributed by atoms with van der Waals surface area (Å²) in [7, 11) is 0. The van der Waals surface area contributed by atoms with Gasteiger partial charge in [-0.05, 0) is 18.9 Å². The molecule has 2 atom stereocenters. The minimum Gasteiger partial charge on any atom is -0.370 e. The van der Waals surface area contributed by atoms with Gasteiger partial charge in [0, 0.05) is 38.0 Å². The van der Waals surface area contributed by atoms with Crippen LogP contribution in [-0.2, 0) is 11.3 Å². The predicted molar refractivity (Wildman–Crippen MR) is 70.4 cm³/mol. The van der Waals surface area contributed by atoms with Crippen LogP contribution in [0.2, 0.25) is 0 Å². The van der Waals surface area contributed by atoms with Crippen LogP contribution < -0.4 is 5.32 Å². The molecule has 3 rings (SSSR count). The second kappa shape index (κ2) is 5.54. The Labute approximate surface area is 112 Å². The molecule has 0 saturated carbocycles. The van der Waals surface area contributed by atoms with Crippen molar-refractivity contribution in [3.8, 4) is 0 Å². The Morgan fingerprint density at radius 2 is 2.47 bits per heavy atom. The lowest BCUT2D eigenvalue weighted by molar-refractivity contribution is 0.0839. The zero-order chi connectivity index (χ0) is 13.1. The summed E-state index contributed by atoms with van der Waals surface area (Å²) in [5.74, 6) is 1.40. The smallest absolute Gasteiger partial charge is 0.135 e. The first-order valence-electron chi connectivity index (χ1n) is 6.65. The molecule has 1 aliphatic rings. The molecule has 1 fully saturated rings. The summed E-state index contributed by atoms with van der Waals surface area (Å²) < 4.78 is 5.77. The zero-order valence-electron chi connectivity index (χ0n) is 11.0. The van der Waals surface area contributed by atoms with E-state index in [2.05, 4.69) is 32.4 Å². The summed E-state index contributed by atoms with van der Waals surface area (Å²) in [5, 5.41) is 10.5. The molecule has 2 aromatic heterocycles. The number of imidazole rings is 1. The molecule has 0 radical (unpaired) electrons. The van der Waals surface area contributed by atoms with Crippen molar-refractivity contribution < 1.29 is 4.74 Å². The van der Waals surface area contributed by atoms with Crippen LogP contribution in [0.5, 0.6) is 0 Å². The molecule has 2 aromatic rings. The second-order valence-corrected chi connectivity index (χ2v) is 4.98. The highest BCUT2D eigenvalue weighted by Crippen LogP contribution is 2.31. The van der Waals surface area contributed by atoms with Gasteiger partial charge in [-0.15, -0.1) is 0 Å². The van der Waals surface area contributed by atoms with Gasteiger partial charge in [-0.2, -0.15) is 5.10 Å². The van der Waals surface area contributed by atoms with Crippen molar-refractivity contribution >= 4 is 0 Å². The number of rotatable bonds is 5. The number of H-pyrrole nitrogens is 2. The Morgan fingerprint density at radius 3 is 3.21 bits per heavy atom. The first kappa shape index (κ1) is 12.4. The van der Waals surface area contributed by atoms with Crippen LogP contribution in [0.1, 0.15) is 29.6 Å². The van der Waals surface area contributed by atoms with E-state index < -0.39 is 0 Å². The third kappa shape index (κ3) is 2.69. The number of aromatic nitrogens is 4. The van der Waals surface area contributed by atoms with E-state index in [1.54, 1.807) is 6.20 Å². The molecule has 1 saturated heterocycles. The van der Waals surface area contributed by atoms with Crippen LogP contribution in [0.15, 0.2) is 18.6 Å². The van der Waals surface area contributed by atoms with E-state index in [9.17, 15) is 0 Å². The van der Waals surface area contributed by atoms with E-state index in [0.717, 1.165) is 37.6 Å². The van der Waals surface area contributed by atoms with Crippen molar-refractivity contribution in [2.45, 2.75) is 26.0 Å². The van der Waals surface area contributed by atoms with Gasteiger partial charge in [-0.25, -0.2) is 4.98 Å². The minimum absolute atomic E-state index is 0.0883. The van der Waals surface area contributed by atoms with Crippen molar-refractivity contribution in [2.75, 3.05) is 13.2 Å². The average Bonchev–Trinajstić information content (AvgIpc) is 3.11. The fourth-order valence-electron chi connectivity index (χ4n) is 2.51. The molecule has 0 spiro atoms. The maximum Gasteiger partial charge on any atom is 0.135 e. The lowest BCUT2D eigenvalue weighted by Gasteiger charge is -2.17. The first-order valence-corrected chi connectivity index (χ1v) is 6.65. The summed E-state index contributed by atoms with van der Waals surface area (Å²) in [5.41, 5.74) is 2.34. The number of hydrogen-bond acceptors (Lipinski definition) is 4. The van der Waals surface area contributed by atoms with E-state index in [1.807, 2.05) is 12.4 Å². The van der Waals surface area contributed by atoms with E-state index in [1.165, 1.54) is 5.56 Å². The highest BCUT2D eigenvalue weighted by molar-refractivity contribution is 5.13. The molecule has 0 aromatic carbocycles. The fourth-order valence-corrected chi connectivity index (χ4v) is 2.51. The maximum absolute atomic E-state index is 5.77. The van der Waals surface area contributed by atoms with Crippen molar-refractivity contribution in [1.29, 1.82) is 0 Å². The third-order valence-corrected chi connectivity index (χ3v) is 3.65. The number of aryl methyl sites for hydroxylation is 1. The molecule has 6 nitrogen and oxygen atoms in total.